The Kier molecular flexibility index (Phi) is 16.4. The van der Waals surface area contributed by atoms with E-state index in [2.05, 4.69) is 27.7 Å². The molecule has 0 spiro atoms. The van der Waals surface area contributed by atoms with Gasteiger partial charge in [0.05, 0.1) is 25.4 Å². The SMILES string of the molecule is C/C(CC[C@@H](C)O[C@@H]1O[C@H](CO)[C@@H](O)[C@H](O)[C@H]1O)=C(\C)C(=O)CC[C@](C)(CC[C@@H](C)O[C@@H]1O[C@H](CO)[C@@H](O)[C@H](O)[C@H]1O)[C@H]1[C@H](C)CC(=O)CC1(C)C. The van der Waals surface area contributed by atoms with Crippen molar-refractivity contribution in [1.82, 2.24) is 0 Å². The van der Waals surface area contributed by atoms with Crippen LogP contribution < -0.4 is 0 Å². The normalized spacial score (nSPS) is 38.3. The monoisotopic (exact) mass is 746 g/mol. The highest BCUT2D eigenvalue weighted by molar-refractivity contribution is 5.95. The summed E-state index contributed by atoms with van der Waals surface area (Å²) in [6.07, 6.45) is -10.6. The van der Waals surface area contributed by atoms with Gasteiger partial charge in [-0.05, 0) is 88.0 Å². The van der Waals surface area contributed by atoms with Gasteiger partial charge in [-0.1, -0.05) is 33.3 Å². The molecule has 0 aromatic heterocycles. The second kappa shape index (κ2) is 19.0. The lowest BCUT2D eigenvalue weighted by Gasteiger charge is -2.52. The highest BCUT2D eigenvalue weighted by Gasteiger charge is 2.50. The topological polar surface area (TPSA) is 233 Å². The van der Waals surface area contributed by atoms with Gasteiger partial charge in [0.25, 0.3) is 0 Å². The average Bonchev–Trinajstić information content (AvgIpc) is 3.07. The van der Waals surface area contributed by atoms with Gasteiger partial charge in [0, 0.05) is 19.3 Å². The molecule has 0 aromatic rings. The Morgan fingerprint density at radius 3 is 1.75 bits per heavy atom. The van der Waals surface area contributed by atoms with Crippen LogP contribution in [-0.2, 0) is 28.5 Å². The molecule has 3 aliphatic rings. The van der Waals surface area contributed by atoms with Crippen molar-refractivity contribution in [3.8, 4) is 0 Å². The third-order valence-corrected chi connectivity index (χ3v) is 11.8. The van der Waals surface area contributed by atoms with Crippen LogP contribution in [0.5, 0.6) is 0 Å². The molecule has 14 heteroatoms. The fourth-order valence-corrected chi connectivity index (χ4v) is 8.92. The van der Waals surface area contributed by atoms with Crippen molar-refractivity contribution in [2.75, 3.05) is 13.2 Å². The Bertz CT molecular complexity index is 1200. The van der Waals surface area contributed by atoms with E-state index >= 15 is 0 Å². The summed E-state index contributed by atoms with van der Waals surface area (Å²) < 4.78 is 22.8. The van der Waals surface area contributed by atoms with Crippen molar-refractivity contribution in [1.29, 1.82) is 0 Å². The van der Waals surface area contributed by atoms with Crippen LogP contribution in [0.3, 0.4) is 0 Å². The molecule has 0 bridgehead atoms. The summed E-state index contributed by atoms with van der Waals surface area (Å²) in [5.41, 5.74) is 0.835. The third kappa shape index (κ3) is 10.9. The van der Waals surface area contributed by atoms with Gasteiger partial charge in [-0.2, -0.15) is 0 Å². The Labute approximate surface area is 308 Å². The highest BCUT2D eigenvalue weighted by atomic mass is 16.7. The minimum absolute atomic E-state index is 0.00851. The first-order valence-electron chi connectivity index (χ1n) is 18.8. The number of rotatable bonds is 17. The van der Waals surface area contributed by atoms with Gasteiger partial charge < -0.3 is 59.8 Å². The lowest BCUT2D eigenvalue weighted by Crippen LogP contribution is -2.59. The van der Waals surface area contributed by atoms with Gasteiger partial charge in [-0.25, -0.2) is 0 Å². The maximum Gasteiger partial charge on any atom is 0.186 e. The molecule has 0 aromatic carbocycles. The molecule has 52 heavy (non-hydrogen) atoms. The summed E-state index contributed by atoms with van der Waals surface area (Å²) in [4.78, 5) is 26.4. The third-order valence-electron chi connectivity index (χ3n) is 11.8. The number of aliphatic hydroxyl groups excluding tert-OH is 8. The summed E-state index contributed by atoms with van der Waals surface area (Å²) in [5, 5.41) is 80.3. The number of ether oxygens (including phenoxy) is 4. The molecule has 15 atom stereocenters. The molecule has 0 unspecified atom stereocenters. The number of allylic oxidation sites excluding steroid dienone is 2. The van der Waals surface area contributed by atoms with Crippen molar-refractivity contribution in [2.24, 2.45) is 22.7 Å². The van der Waals surface area contributed by atoms with Crippen LogP contribution in [-0.4, -0.2) is 139 Å². The van der Waals surface area contributed by atoms with E-state index in [1.807, 2.05) is 13.8 Å². The smallest absolute Gasteiger partial charge is 0.186 e. The van der Waals surface area contributed by atoms with Crippen molar-refractivity contribution in [2.45, 2.75) is 180 Å². The molecule has 3 fully saturated rings. The fourth-order valence-electron chi connectivity index (χ4n) is 8.92. The van der Waals surface area contributed by atoms with Gasteiger partial charge in [-0.3, -0.25) is 9.59 Å². The minimum atomic E-state index is -1.54. The molecule has 302 valence electrons. The van der Waals surface area contributed by atoms with Gasteiger partial charge >= 0.3 is 0 Å². The molecule has 14 nitrogen and oxygen atoms in total. The zero-order chi connectivity index (χ0) is 39.3. The molecule has 8 N–H and O–H groups in total. The molecule has 1 saturated carbocycles. The van der Waals surface area contributed by atoms with E-state index in [9.17, 15) is 50.4 Å². The zero-order valence-corrected chi connectivity index (χ0v) is 32.2. The van der Waals surface area contributed by atoms with Crippen molar-refractivity contribution in [3.05, 3.63) is 11.1 Å². The number of hydrogen-bond donors (Lipinski definition) is 8. The number of ketones is 2. The lowest BCUT2D eigenvalue weighted by molar-refractivity contribution is -0.310. The van der Waals surface area contributed by atoms with Crippen LogP contribution in [0.25, 0.3) is 0 Å². The van der Waals surface area contributed by atoms with E-state index in [0.29, 0.717) is 50.5 Å². The Morgan fingerprint density at radius 2 is 1.29 bits per heavy atom. The van der Waals surface area contributed by atoms with E-state index in [4.69, 9.17) is 18.9 Å². The molecule has 0 amide bonds. The quantitative estimate of drug-likeness (QED) is 0.0981. The largest absolute Gasteiger partial charge is 0.394 e. The molecule has 2 aliphatic heterocycles. The molecular weight excluding hydrogens is 680 g/mol. The van der Waals surface area contributed by atoms with Crippen LogP contribution in [0.2, 0.25) is 0 Å². The van der Waals surface area contributed by atoms with Crippen LogP contribution in [0, 0.1) is 22.7 Å². The first-order chi connectivity index (χ1) is 24.2. The van der Waals surface area contributed by atoms with E-state index in [1.54, 1.807) is 13.8 Å². The van der Waals surface area contributed by atoms with Gasteiger partial charge in [0.2, 0.25) is 0 Å². The summed E-state index contributed by atoms with van der Waals surface area (Å²) in [7, 11) is 0. The molecule has 1 aliphatic carbocycles. The second-order valence-electron chi connectivity index (χ2n) is 16.7. The highest BCUT2D eigenvalue weighted by Crippen LogP contribution is 2.55. The van der Waals surface area contributed by atoms with E-state index < -0.39 is 86.8 Å². The summed E-state index contributed by atoms with van der Waals surface area (Å²) in [6.45, 7) is 14.7. The van der Waals surface area contributed by atoms with Gasteiger partial charge in [0.1, 0.15) is 54.6 Å². The van der Waals surface area contributed by atoms with E-state index in [1.165, 1.54) is 0 Å². The van der Waals surface area contributed by atoms with Gasteiger partial charge in [-0.15, -0.1) is 0 Å². The Hall–Kier alpha value is -1.40. The Balaban J connectivity index is 1.68. The van der Waals surface area contributed by atoms with E-state index in [-0.39, 0.29) is 40.7 Å². The maximum atomic E-state index is 13.7. The predicted octanol–water partition coefficient (Wildman–Crippen LogP) is 1.29. The van der Waals surface area contributed by atoms with E-state index in [0.717, 1.165) is 5.57 Å². The number of aliphatic hydroxyl groups is 8. The maximum absolute atomic E-state index is 13.7. The standard InChI is InChI=1S/C38H66O14/c1-19(9-10-21(3)49-35-32(47)30(45)28(43)26(17-39)51-35)23(5)25(42)12-14-38(8,34-20(2)15-24(41)16-37(34,6)7)13-11-22(4)50-36-33(48)31(46)29(44)27(18-40)52-36/h20-22,26-36,39-40,43-48H,9-18H2,1-8H3/b23-19-/t20-,21-,22-,26-,27-,28-,29-,30+,31+,32-,33-,34+,35-,36-,38+/m1/s1. The minimum Gasteiger partial charge on any atom is -0.394 e. The molecule has 2 saturated heterocycles. The summed E-state index contributed by atoms with van der Waals surface area (Å²) in [5.74, 6) is 0.428. The lowest BCUT2D eigenvalue weighted by atomic mass is 9.52. The molecule has 3 rings (SSSR count). The first-order valence-corrected chi connectivity index (χ1v) is 18.8. The first kappa shape index (κ1) is 45.0. The van der Waals surface area contributed by atoms with Crippen LogP contribution in [0.15, 0.2) is 11.1 Å². The Morgan fingerprint density at radius 1 is 0.808 bits per heavy atom. The number of hydrogen-bond acceptors (Lipinski definition) is 14. The number of Topliss-reactive ketones (excluding diaryl/α,β-unsaturated/α-hetero) is 2. The van der Waals surface area contributed by atoms with Crippen LogP contribution >= 0.6 is 0 Å². The van der Waals surface area contributed by atoms with Crippen LogP contribution in [0.1, 0.15) is 107 Å². The summed E-state index contributed by atoms with van der Waals surface area (Å²) in [6, 6.07) is 0. The average molecular weight is 747 g/mol. The van der Waals surface area contributed by atoms with Crippen LogP contribution in [0.4, 0.5) is 0 Å². The van der Waals surface area contributed by atoms with Crippen molar-refractivity contribution in [3.63, 3.8) is 0 Å². The van der Waals surface area contributed by atoms with Crippen molar-refractivity contribution >= 4 is 11.6 Å². The van der Waals surface area contributed by atoms with Crippen molar-refractivity contribution < 1.29 is 69.4 Å². The second-order valence-corrected chi connectivity index (χ2v) is 16.7. The summed E-state index contributed by atoms with van der Waals surface area (Å²) >= 11 is 0. The van der Waals surface area contributed by atoms with Gasteiger partial charge in [0.15, 0.2) is 18.4 Å². The number of carbonyl (C=O) groups excluding carboxylic acids is 2. The molecular formula is C38H66O14. The predicted molar refractivity (Wildman–Crippen MR) is 188 cm³/mol. The fraction of sp³-hybridized carbons (Fsp3) is 0.895. The molecule has 0 radical (unpaired) electrons. The zero-order valence-electron chi connectivity index (χ0n) is 32.2. The number of carbonyl (C=O) groups is 2. The molecule has 2 heterocycles.